The molecule has 0 bridgehead atoms. The Balaban J connectivity index is 1.43. The van der Waals surface area contributed by atoms with E-state index < -0.39 is 0 Å². The summed E-state index contributed by atoms with van der Waals surface area (Å²) >= 11 is 0. The second-order valence-corrected chi connectivity index (χ2v) is 6.27. The van der Waals surface area contributed by atoms with Crippen LogP contribution in [-0.2, 0) is 11.2 Å². The van der Waals surface area contributed by atoms with Crippen molar-refractivity contribution < 1.29 is 9.59 Å². The predicted octanol–water partition coefficient (Wildman–Crippen LogP) is 1.32. The van der Waals surface area contributed by atoms with E-state index in [1.54, 1.807) is 4.90 Å². The van der Waals surface area contributed by atoms with Gasteiger partial charge in [0.1, 0.15) is 0 Å². The maximum absolute atomic E-state index is 12.2. The Morgan fingerprint density at radius 1 is 1.20 bits per heavy atom. The standard InChI is InChI=1S/C18H23N5O2/c19-17(24)15-7-10-22(11-8-15)18(25)20-9-6-14-12-21-23(13-14)16-4-2-1-3-5-16/h1-5,12-13,15H,6-11H2,(H2,19,24)(H,20,25). The van der Waals surface area contributed by atoms with E-state index in [-0.39, 0.29) is 17.9 Å². The van der Waals surface area contributed by atoms with E-state index in [0.717, 1.165) is 17.7 Å². The van der Waals surface area contributed by atoms with Crippen molar-refractivity contribution in [3.8, 4) is 5.69 Å². The van der Waals surface area contributed by atoms with Gasteiger partial charge < -0.3 is 16.0 Å². The molecule has 2 heterocycles. The molecule has 1 fully saturated rings. The van der Waals surface area contributed by atoms with E-state index in [2.05, 4.69) is 10.4 Å². The number of nitrogens with one attached hydrogen (secondary N) is 1. The topological polar surface area (TPSA) is 93.2 Å². The summed E-state index contributed by atoms with van der Waals surface area (Å²) in [7, 11) is 0. The first-order valence-corrected chi connectivity index (χ1v) is 8.54. The zero-order valence-corrected chi connectivity index (χ0v) is 14.1. The van der Waals surface area contributed by atoms with Gasteiger partial charge in [-0.05, 0) is 37.0 Å². The Kier molecular flexibility index (Phi) is 5.33. The van der Waals surface area contributed by atoms with Gasteiger partial charge in [-0.15, -0.1) is 0 Å². The maximum atomic E-state index is 12.2. The molecule has 0 aliphatic carbocycles. The number of piperidine rings is 1. The van der Waals surface area contributed by atoms with Crippen LogP contribution in [0.15, 0.2) is 42.7 Å². The number of carbonyl (C=O) groups excluding carboxylic acids is 2. The van der Waals surface area contributed by atoms with Crippen molar-refractivity contribution >= 4 is 11.9 Å². The molecular weight excluding hydrogens is 318 g/mol. The summed E-state index contributed by atoms with van der Waals surface area (Å²) in [4.78, 5) is 25.1. The SMILES string of the molecule is NC(=O)C1CCN(C(=O)NCCc2cnn(-c3ccccc3)c2)CC1. The Bertz CT molecular complexity index is 720. The number of likely N-dealkylation sites (tertiary alicyclic amines) is 1. The normalized spacial score (nSPS) is 15.1. The number of urea groups is 1. The number of amides is 3. The van der Waals surface area contributed by atoms with Gasteiger partial charge in [0.2, 0.25) is 5.91 Å². The summed E-state index contributed by atoms with van der Waals surface area (Å²) in [6, 6.07) is 9.81. The molecule has 1 aliphatic rings. The summed E-state index contributed by atoms with van der Waals surface area (Å²) in [5.41, 5.74) is 7.39. The molecule has 0 unspecified atom stereocenters. The van der Waals surface area contributed by atoms with Crippen LogP contribution in [0.25, 0.3) is 5.69 Å². The van der Waals surface area contributed by atoms with Crippen LogP contribution < -0.4 is 11.1 Å². The van der Waals surface area contributed by atoms with Crippen molar-refractivity contribution in [2.45, 2.75) is 19.3 Å². The Hall–Kier alpha value is -2.83. The number of nitrogens with zero attached hydrogens (tertiary/aromatic N) is 3. The number of primary amides is 1. The molecule has 1 aliphatic heterocycles. The Labute approximate surface area is 146 Å². The minimum Gasteiger partial charge on any atom is -0.369 e. The number of para-hydroxylation sites is 1. The third-order valence-corrected chi connectivity index (χ3v) is 4.53. The van der Waals surface area contributed by atoms with Crippen molar-refractivity contribution in [1.29, 1.82) is 0 Å². The Morgan fingerprint density at radius 3 is 2.60 bits per heavy atom. The average molecular weight is 341 g/mol. The summed E-state index contributed by atoms with van der Waals surface area (Å²) in [6.45, 7) is 1.70. The zero-order chi connectivity index (χ0) is 17.6. The summed E-state index contributed by atoms with van der Waals surface area (Å²) in [5.74, 6) is -0.372. The van der Waals surface area contributed by atoms with Gasteiger partial charge >= 0.3 is 6.03 Å². The van der Waals surface area contributed by atoms with Crippen LogP contribution in [0.3, 0.4) is 0 Å². The van der Waals surface area contributed by atoms with Gasteiger partial charge in [0.25, 0.3) is 0 Å². The van der Waals surface area contributed by atoms with Gasteiger partial charge in [-0.3, -0.25) is 4.79 Å². The van der Waals surface area contributed by atoms with E-state index in [4.69, 9.17) is 5.73 Å². The second-order valence-electron chi connectivity index (χ2n) is 6.27. The second kappa shape index (κ2) is 7.83. The molecule has 132 valence electrons. The first-order valence-electron chi connectivity index (χ1n) is 8.54. The molecule has 1 aromatic heterocycles. The molecule has 0 spiro atoms. The van der Waals surface area contributed by atoms with E-state index in [9.17, 15) is 9.59 Å². The molecule has 3 amide bonds. The lowest BCUT2D eigenvalue weighted by atomic mass is 9.96. The van der Waals surface area contributed by atoms with Crippen LogP contribution >= 0.6 is 0 Å². The highest BCUT2D eigenvalue weighted by Gasteiger charge is 2.25. The van der Waals surface area contributed by atoms with Crippen LogP contribution in [-0.4, -0.2) is 46.3 Å². The van der Waals surface area contributed by atoms with Crippen LogP contribution in [0.1, 0.15) is 18.4 Å². The van der Waals surface area contributed by atoms with Crippen molar-refractivity contribution in [2.75, 3.05) is 19.6 Å². The van der Waals surface area contributed by atoms with Gasteiger partial charge in [-0.2, -0.15) is 5.10 Å². The molecule has 1 aromatic carbocycles. The fourth-order valence-corrected chi connectivity index (χ4v) is 3.00. The monoisotopic (exact) mass is 341 g/mol. The van der Waals surface area contributed by atoms with Gasteiger partial charge in [-0.25, -0.2) is 9.48 Å². The molecule has 0 saturated carbocycles. The van der Waals surface area contributed by atoms with Crippen LogP contribution in [0, 0.1) is 5.92 Å². The lowest BCUT2D eigenvalue weighted by Gasteiger charge is -2.30. The van der Waals surface area contributed by atoms with Crippen molar-refractivity contribution in [3.05, 3.63) is 48.3 Å². The fraction of sp³-hybridized carbons (Fsp3) is 0.389. The van der Waals surface area contributed by atoms with Crippen LogP contribution in [0.4, 0.5) is 4.79 Å². The van der Waals surface area contributed by atoms with Crippen LogP contribution in [0.2, 0.25) is 0 Å². The summed E-state index contributed by atoms with van der Waals surface area (Å²) in [5, 5.41) is 7.28. The van der Waals surface area contributed by atoms with E-state index in [0.29, 0.717) is 32.5 Å². The Morgan fingerprint density at radius 2 is 1.92 bits per heavy atom. The molecule has 0 atom stereocenters. The van der Waals surface area contributed by atoms with E-state index in [1.165, 1.54) is 0 Å². The minimum atomic E-state index is -0.268. The van der Waals surface area contributed by atoms with Crippen molar-refractivity contribution in [2.24, 2.45) is 11.7 Å². The quantitative estimate of drug-likeness (QED) is 0.859. The predicted molar refractivity (Wildman–Crippen MR) is 94.2 cm³/mol. The molecule has 25 heavy (non-hydrogen) atoms. The zero-order valence-electron chi connectivity index (χ0n) is 14.1. The van der Waals surface area contributed by atoms with Gasteiger partial charge in [-0.1, -0.05) is 18.2 Å². The third kappa shape index (κ3) is 4.37. The molecule has 3 N–H and O–H groups in total. The van der Waals surface area contributed by atoms with Gasteiger partial charge in [0.15, 0.2) is 0 Å². The molecular formula is C18H23N5O2. The average Bonchev–Trinajstić information content (AvgIpc) is 3.11. The molecule has 3 rings (SSSR count). The molecule has 1 saturated heterocycles. The number of carbonyl (C=O) groups is 2. The smallest absolute Gasteiger partial charge is 0.317 e. The molecule has 0 radical (unpaired) electrons. The first-order chi connectivity index (χ1) is 12.1. The summed E-state index contributed by atoms with van der Waals surface area (Å²) in [6.07, 6.45) is 5.80. The number of aromatic nitrogens is 2. The highest BCUT2D eigenvalue weighted by Crippen LogP contribution is 2.16. The lowest BCUT2D eigenvalue weighted by Crippen LogP contribution is -2.46. The third-order valence-electron chi connectivity index (χ3n) is 4.53. The molecule has 2 aromatic rings. The number of hydrogen-bond acceptors (Lipinski definition) is 3. The van der Waals surface area contributed by atoms with E-state index in [1.807, 2.05) is 47.4 Å². The number of hydrogen-bond donors (Lipinski definition) is 2. The van der Waals surface area contributed by atoms with Gasteiger partial charge in [0, 0.05) is 31.7 Å². The van der Waals surface area contributed by atoms with Gasteiger partial charge in [0.05, 0.1) is 11.9 Å². The number of benzene rings is 1. The van der Waals surface area contributed by atoms with Crippen molar-refractivity contribution in [1.82, 2.24) is 20.0 Å². The molecule has 7 nitrogen and oxygen atoms in total. The fourth-order valence-electron chi connectivity index (χ4n) is 3.00. The first kappa shape index (κ1) is 17.0. The highest BCUT2D eigenvalue weighted by atomic mass is 16.2. The largest absolute Gasteiger partial charge is 0.369 e. The van der Waals surface area contributed by atoms with E-state index >= 15 is 0 Å². The highest BCUT2D eigenvalue weighted by molar-refractivity contribution is 5.78. The number of nitrogens with two attached hydrogens (primary N) is 1. The van der Waals surface area contributed by atoms with Crippen LogP contribution in [0.5, 0.6) is 0 Å². The maximum Gasteiger partial charge on any atom is 0.317 e. The lowest BCUT2D eigenvalue weighted by molar-refractivity contribution is -0.123. The summed E-state index contributed by atoms with van der Waals surface area (Å²) < 4.78 is 1.83. The minimum absolute atomic E-state index is 0.0848. The molecule has 7 heteroatoms. The van der Waals surface area contributed by atoms with Crippen molar-refractivity contribution in [3.63, 3.8) is 0 Å². The number of rotatable bonds is 5.